The Labute approximate surface area is 177 Å². The lowest BCUT2D eigenvalue weighted by molar-refractivity contribution is -0.441. The van der Waals surface area contributed by atoms with Crippen molar-refractivity contribution < 1.29 is 70.2 Å². The van der Waals surface area contributed by atoms with Gasteiger partial charge in [-0.15, -0.1) is 0 Å². The summed E-state index contributed by atoms with van der Waals surface area (Å²) in [4.78, 5) is 0. The third kappa shape index (κ3) is 5.76. The van der Waals surface area contributed by atoms with Crippen molar-refractivity contribution in [2.24, 2.45) is 5.92 Å². The Morgan fingerprint density at radius 3 is 1.32 bits per heavy atom. The predicted molar refractivity (Wildman–Crippen MR) is 82.3 cm³/mol. The highest BCUT2D eigenvalue weighted by molar-refractivity contribution is 14.1. The first-order valence-corrected chi connectivity index (χ1v) is 9.22. The molecule has 0 aromatic carbocycles. The molecule has 31 heavy (non-hydrogen) atoms. The molecule has 188 valence electrons. The first-order chi connectivity index (χ1) is 13.3. The van der Waals surface area contributed by atoms with Crippen LogP contribution in [0.4, 0.5) is 70.2 Å². The normalized spacial score (nSPS) is 17.6. The van der Waals surface area contributed by atoms with Crippen molar-refractivity contribution in [3.8, 4) is 0 Å². The highest BCUT2D eigenvalue weighted by Crippen LogP contribution is 2.61. The van der Waals surface area contributed by atoms with Gasteiger partial charge < -0.3 is 0 Å². The van der Waals surface area contributed by atoms with Gasteiger partial charge in [0.05, 0.1) is 5.92 Å². The summed E-state index contributed by atoms with van der Waals surface area (Å²) in [5, 5.41) is 0. The summed E-state index contributed by atoms with van der Waals surface area (Å²) in [5.74, 6) is -42.1. The summed E-state index contributed by atoms with van der Waals surface area (Å²) in [5.41, 5.74) is 0. The largest absolute Gasteiger partial charge is 0.460 e. The molecule has 0 aliphatic rings. The molecule has 0 amide bonds. The van der Waals surface area contributed by atoms with Gasteiger partial charge in [0.1, 0.15) is 0 Å². The molecule has 0 rings (SSSR count). The van der Waals surface area contributed by atoms with Crippen molar-refractivity contribution in [3.05, 3.63) is 0 Å². The van der Waals surface area contributed by atoms with Crippen LogP contribution in [0.1, 0.15) is 32.6 Å². The maximum atomic E-state index is 13.7. The second kappa shape index (κ2) is 9.10. The minimum atomic E-state index is -8.13. The molecule has 0 radical (unpaired) electrons. The Morgan fingerprint density at radius 2 is 1.00 bits per heavy atom. The van der Waals surface area contributed by atoms with Gasteiger partial charge in [0.25, 0.3) is 0 Å². The van der Waals surface area contributed by atoms with E-state index in [9.17, 15) is 70.2 Å². The summed E-state index contributed by atoms with van der Waals surface area (Å²) in [6.07, 6.45) is -17.8. The van der Waals surface area contributed by atoms with Crippen LogP contribution in [0.5, 0.6) is 0 Å². The smallest absolute Gasteiger partial charge is 0.200 e. The molecule has 0 saturated carbocycles. The van der Waals surface area contributed by atoms with Gasteiger partial charge in [-0.3, -0.25) is 0 Å². The van der Waals surface area contributed by atoms with E-state index >= 15 is 0 Å². The van der Waals surface area contributed by atoms with Gasteiger partial charge in [0.15, 0.2) is 0 Å². The third-order valence-corrected chi connectivity index (χ3v) is 5.24. The molecule has 17 heteroatoms. The number of hydrogen-bond acceptors (Lipinski definition) is 0. The quantitative estimate of drug-likeness (QED) is 0.132. The zero-order valence-corrected chi connectivity index (χ0v) is 17.1. The average Bonchev–Trinajstić information content (AvgIpc) is 2.51. The molecule has 2 unspecified atom stereocenters. The number of rotatable bonds is 10. The molecule has 0 aliphatic carbocycles. The summed E-state index contributed by atoms with van der Waals surface area (Å²) < 4.78 is 207. The van der Waals surface area contributed by atoms with Crippen LogP contribution >= 0.6 is 22.6 Å². The van der Waals surface area contributed by atoms with Crippen molar-refractivity contribution in [2.75, 3.05) is 0 Å². The van der Waals surface area contributed by atoms with Crippen molar-refractivity contribution in [3.63, 3.8) is 0 Å². The van der Waals surface area contributed by atoms with E-state index in [-0.39, 0.29) is 12.8 Å². The second-order valence-corrected chi connectivity index (χ2v) is 8.33. The van der Waals surface area contributed by atoms with Crippen LogP contribution in [0, 0.1) is 5.92 Å². The number of alkyl halides is 17. The molecule has 0 aliphatic heterocycles. The fourth-order valence-corrected chi connectivity index (χ4v) is 3.55. The number of halogens is 17. The SMILES string of the molecule is CCCC(I)CC(CC(F)(F)C(F)(F)C(F)(F)C(F)(F)C(F)(F)C(F)(F)F)C(F)(F)F. The molecular formula is C14H13F16I. The van der Waals surface area contributed by atoms with Gasteiger partial charge in [-0.05, 0) is 12.8 Å². The average molecular weight is 612 g/mol. The van der Waals surface area contributed by atoms with Crippen molar-refractivity contribution in [2.45, 2.75) is 78.5 Å². The van der Waals surface area contributed by atoms with Crippen LogP contribution in [0.2, 0.25) is 0 Å². The maximum absolute atomic E-state index is 13.7. The van der Waals surface area contributed by atoms with Crippen LogP contribution < -0.4 is 0 Å². The predicted octanol–water partition coefficient (Wildman–Crippen LogP) is 8.29. The fourth-order valence-electron chi connectivity index (χ4n) is 2.31. The second-order valence-electron chi connectivity index (χ2n) is 6.56. The Hall–Kier alpha value is -0.390. The van der Waals surface area contributed by atoms with Gasteiger partial charge in [-0.1, -0.05) is 35.9 Å². The van der Waals surface area contributed by atoms with Crippen LogP contribution in [0.15, 0.2) is 0 Å². The van der Waals surface area contributed by atoms with E-state index in [0.29, 0.717) is 0 Å². The molecule has 0 saturated heterocycles. The van der Waals surface area contributed by atoms with Gasteiger partial charge >= 0.3 is 42.0 Å². The Morgan fingerprint density at radius 1 is 0.613 bits per heavy atom. The summed E-state index contributed by atoms with van der Waals surface area (Å²) in [7, 11) is 0. The van der Waals surface area contributed by atoms with E-state index in [1.165, 1.54) is 29.5 Å². The Bertz CT molecular complexity index is 590. The van der Waals surface area contributed by atoms with Crippen LogP contribution in [0.3, 0.4) is 0 Å². The lowest BCUT2D eigenvalue weighted by Crippen LogP contribution is -2.70. The van der Waals surface area contributed by atoms with Crippen LogP contribution in [-0.2, 0) is 0 Å². The lowest BCUT2D eigenvalue weighted by atomic mass is 9.87. The first-order valence-electron chi connectivity index (χ1n) is 7.97. The van der Waals surface area contributed by atoms with E-state index in [0.717, 1.165) is 0 Å². The van der Waals surface area contributed by atoms with Crippen molar-refractivity contribution >= 4 is 22.6 Å². The van der Waals surface area contributed by atoms with E-state index < -0.39 is 64.6 Å². The molecule has 0 aromatic rings. The van der Waals surface area contributed by atoms with E-state index in [1.54, 1.807) is 0 Å². The number of hydrogen-bond donors (Lipinski definition) is 0. The monoisotopic (exact) mass is 612 g/mol. The highest BCUT2D eigenvalue weighted by Gasteiger charge is 2.90. The summed E-state index contributed by atoms with van der Waals surface area (Å²) in [6, 6.07) is 0. The van der Waals surface area contributed by atoms with Gasteiger partial charge in [0, 0.05) is 10.3 Å². The lowest BCUT2D eigenvalue weighted by Gasteiger charge is -2.40. The standard InChI is InChI=1S/C14H13F16I/c1-2-3-7(31)4-6(9(17,18)19)5-8(15,16)10(20,21)11(22,23)12(24,25)13(26,27)14(28,29)30/h6-7H,2-5H2,1H3. The van der Waals surface area contributed by atoms with E-state index in [2.05, 4.69) is 0 Å². The Kier molecular flexibility index (Phi) is 8.98. The molecule has 0 spiro atoms. The molecule has 0 N–H and O–H groups in total. The molecule has 0 heterocycles. The van der Waals surface area contributed by atoms with Gasteiger partial charge in [0.2, 0.25) is 0 Å². The zero-order valence-electron chi connectivity index (χ0n) is 14.9. The third-order valence-electron chi connectivity index (χ3n) is 4.11. The minimum absolute atomic E-state index is 0.0822. The first kappa shape index (κ1) is 30.6. The molecule has 0 fully saturated rings. The molecule has 0 nitrogen and oxygen atoms in total. The van der Waals surface area contributed by atoms with E-state index in [1.807, 2.05) is 0 Å². The fraction of sp³-hybridized carbons (Fsp3) is 1.00. The molecule has 0 bridgehead atoms. The van der Waals surface area contributed by atoms with Crippen molar-refractivity contribution in [1.29, 1.82) is 0 Å². The van der Waals surface area contributed by atoms with Crippen molar-refractivity contribution in [1.82, 2.24) is 0 Å². The van der Waals surface area contributed by atoms with Gasteiger partial charge in [-0.25, -0.2) is 0 Å². The molecule has 2 atom stereocenters. The van der Waals surface area contributed by atoms with E-state index in [4.69, 9.17) is 0 Å². The van der Waals surface area contributed by atoms with Crippen LogP contribution in [0.25, 0.3) is 0 Å². The summed E-state index contributed by atoms with van der Waals surface area (Å²) >= 11 is 1.29. The minimum Gasteiger partial charge on any atom is -0.200 e. The topological polar surface area (TPSA) is 0 Å². The summed E-state index contributed by atoms with van der Waals surface area (Å²) in [6.45, 7) is 1.43. The highest BCUT2D eigenvalue weighted by atomic mass is 127. The maximum Gasteiger partial charge on any atom is 0.460 e. The zero-order chi connectivity index (χ0) is 25.5. The van der Waals surface area contributed by atoms with Crippen LogP contribution in [-0.4, -0.2) is 45.9 Å². The molecular weight excluding hydrogens is 599 g/mol. The Balaban J connectivity index is 6.25. The molecule has 0 aromatic heterocycles. The van der Waals surface area contributed by atoms with Gasteiger partial charge in [-0.2, -0.15) is 70.2 Å².